The van der Waals surface area contributed by atoms with E-state index in [0.29, 0.717) is 11.4 Å². The van der Waals surface area contributed by atoms with Gasteiger partial charge in [0, 0.05) is 0 Å². The fourth-order valence-electron chi connectivity index (χ4n) is 2.27. The van der Waals surface area contributed by atoms with Crippen LogP contribution in [-0.4, -0.2) is 21.8 Å². The largest absolute Gasteiger partial charge is 0.496 e. The Bertz CT molecular complexity index is 1040. The number of para-hydroxylation sites is 1. The zero-order chi connectivity index (χ0) is 18.7. The van der Waals surface area contributed by atoms with Crippen LogP contribution < -0.4 is 16.0 Å². The molecule has 3 rings (SSSR count). The third-order valence-corrected chi connectivity index (χ3v) is 3.54. The molecular weight excluding hydrogens is 340 g/mol. The Labute approximate surface area is 146 Å². The van der Waals surface area contributed by atoms with Crippen LogP contribution in [0.4, 0.5) is 22.9 Å². The Morgan fingerprint density at radius 1 is 1.19 bits per heavy atom. The van der Waals surface area contributed by atoms with E-state index in [1.165, 1.54) is 30.0 Å². The number of H-pyrrole nitrogens is 1. The highest BCUT2D eigenvalue weighted by Gasteiger charge is 2.17. The molecule has 0 bridgehead atoms. The van der Waals surface area contributed by atoms with Gasteiger partial charge < -0.3 is 10.5 Å². The van der Waals surface area contributed by atoms with Crippen LogP contribution in [0.2, 0.25) is 0 Å². The quantitative estimate of drug-likeness (QED) is 0.411. The third-order valence-electron chi connectivity index (χ3n) is 3.54. The highest BCUT2D eigenvalue weighted by atomic mass is 16.6. The maximum Gasteiger partial charge on any atom is 0.301 e. The van der Waals surface area contributed by atoms with Crippen molar-refractivity contribution >= 4 is 22.9 Å². The van der Waals surface area contributed by atoms with Crippen molar-refractivity contribution in [3.63, 3.8) is 0 Å². The molecule has 0 aliphatic carbocycles. The normalized spacial score (nSPS) is 11.0. The molecule has 0 radical (unpaired) electrons. The maximum atomic E-state index is 12.5. The lowest BCUT2D eigenvalue weighted by atomic mass is 10.2. The van der Waals surface area contributed by atoms with Gasteiger partial charge in [0.05, 0.1) is 23.8 Å². The molecule has 132 valence electrons. The predicted octanol–water partition coefficient (Wildman–Crippen LogP) is 3.08. The van der Waals surface area contributed by atoms with Crippen LogP contribution in [0.5, 0.6) is 5.75 Å². The second-order valence-corrected chi connectivity index (χ2v) is 5.16. The molecule has 10 heteroatoms. The van der Waals surface area contributed by atoms with Gasteiger partial charge in [-0.15, -0.1) is 10.2 Å². The summed E-state index contributed by atoms with van der Waals surface area (Å²) in [6, 6.07) is 12.9. The van der Waals surface area contributed by atoms with Gasteiger partial charge in [-0.3, -0.25) is 20.0 Å². The number of ether oxygens (including phenoxy) is 1. The molecule has 26 heavy (non-hydrogen) atoms. The first-order valence-electron chi connectivity index (χ1n) is 7.41. The lowest BCUT2D eigenvalue weighted by molar-refractivity contribution is -0.384. The summed E-state index contributed by atoms with van der Waals surface area (Å²) in [6.45, 7) is 0. The number of nitro benzene ring substituents is 1. The van der Waals surface area contributed by atoms with Gasteiger partial charge in [-0.25, -0.2) is 4.68 Å². The van der Waals surface area contributed by atoms with Crippen LogP contribution >= 0.6 is 0 Å². The number of hydrogen-bond donors (Lipinski definition) is 2. The van der Waals surface area contributed by atoms with E-state index in [4.69, 9.17) is 10.5 Å². The third kappa shape index (κ3) is 3.15. The highest BCUT2D eigenvalue weighted by molar-refractivity contribution is 5.61. The lowest BCUT2D eigenvalue weighted by Gasteiger charge is -2.00. The van der Waals surface area contributed by atoms with Crippen molar-refractivity contribution in [3.8, 4) is 11.4 Å². The van der Waals surface area contributed by atoms with E-state index in [0.717, 1.165) is 0 Å². The molecule has 1 heterocycles. The number of nitrogens with zero attached hydrogens (tertiary/aromatic N) is 4. The number of aromatic amines is 1. The molecule has 0 spiro atoms. The van der Waals surface area contributed by atoms with Crippen molar-refractivity contribution < 1.29 is 9.66 Å². The summed E-state index contributed by atoms with van der Waals surface area (Å²) in [7, 11) is 1.40. The molecule has 0 atom stereocenters. The number of azo groups is 1. The average Bonchev–Trinajstić information content (AvgIpc) is 2.94. The van der Waals surface area contributed by atoms with Crippen LogP contribution in [0.25, 0.3) is 5.69 Å². The van der Waals surface area contributed by atoms with Gasteiger partial charge >= 0.3 is 5.56 Å². The molecule has 0 aliphatic heterocycles. The molecule has 0 saturated carbocycles. The van der Waals surface area contributed by atoms with Crippen molar-refractivity contribution in [1.29, 1.82) is 0 Å². The second-order valence-electron chi connectivity index (χ2n) is 5.16. The molecule has 10 nitrogen and oxygen atoms in total. The molecule has 3 aromatic rings. The van der Waals surface area contributed by atoms with E-state index >= 15 is 0 Å². The Kier molecular flexibility index (Phi) is 4.48. The molecule has 0 amide bonds. The smallest absolute Gasteiger partial charge is 0.301 e. The van der Waals surface area contributed by atoms with E-state index in [1.54, 1.807) is 24.3 Å². The van der Waals surface area contributed by atoms with Gasteiger partial charge in [0.2, 0.25) is 0 Å². The number of anilines is 1. The molecule has 3 N–H and O–H groups in total. The summed E-state index contributed by atoms with van der Waals surface area (Å²) in [5, 5.41) is 21.5. The number of nitrogen functional groups attached to an aromatic ring is 1. The number of aromatic nitrogens is 2. The first-order valence-corrected chi connectivity index (χ1v) is 7.41. The van der Waals surface area contributed by atoms with Crippen molar-refractivity contribution in [3.05, 3.63) is 69.0 Å². The van der Waals surface area contributed by atoms with Gasteiger partial charge in [0.1, 0.15) is 11.6 Å². The number of nitrogens with two attached hydrogens (primary N) is 1. The number of benzene rings is 2. The van der Waals surface area contributed by atoms with E-state index in [2.05, 4.69) is 15.3 Å². The van der Waals surface area contributed by atoms with Crippen LogP contribution in [-0.2, 0) is 0 Å². The summed E-state index contributed by atoms with van der Waals surface area (Å²) < 4.78 is 6.17. The van der Waals surface area contributed by atoms with Gasteiger partial charge in [-0.2, -0.15) is 0 Å². The SMILES string of the molecule is COc1ccc(N=Nc2c(N)[nH]n(-c3ccccc3)c2=O)c([N+](=O)[O-])c1. The number of hydrogen-bond acceptors (Lipinski definition) is 7. The van der Waals surface area contributed by atoms with E-state index in [9.17, 15) is 14.9 Å². The van der Waals surface area contributed by atoms with Gasteiger partial charge in [0.15, 0.2) is 11.4 Å². The fraction of sp³-hybridized carbons (Fsp3) is 0.0625. The molecule has 0 aliphatic rings. The summed E-state index contributed by atoms with van der Waals surface area (Å²) in [6.07, 6.45) is 0. The Morgan fingerprint density at radius 2 is 1.92 bits per heavy atom. The van der Waals surface area contributed by atoms with Gasteiger partial charge in [0.25, 0.3) is 5.69 Å². The Balaban J connectivity index is 2.01. The van der Waals surface area contributed by atoms with Crippen LogP contribution in [0, 0.1) is 10.1 Å². The van der Waals surface area contributed by atoms with Crippen LogP contribution in [0.3, 0.4) is 0 Å². The average molecular weight is 354 g/mol. The zero-order valence-corrected chi connectivity index (χ0v) is 13.6. The topological polar surface area (TPSA) is 141 Å². The number of nitro groups is 1. The molecular formula is C16H14N6O4. The maximum absolute atomic E-state index is 12.5. The van der Waals surface area contributed by atoms with Crippen molar-refractivity contribution in [2.45, 2.75) is 0 Å². The first kappa shape index (κ1) is 16.9. The van der Waals surface area contributed by atoms with Gasteiger partial charge in [-0.1, -0.05) is 18.2 Å². The summed E-state index contributed by atoms with van der Waals surface area (Å²) in [5.41, 5.74) is 5.39. The summed E-state index contributed by atoms with van der Waals surface area (Å²) in [5.74, 6) is 0.307. The van der Waals surface area contributed by atoms with Crippen LogP contribution in [0.1, 0.15) is 0 Å². The lowest BCUT2D eigenvalue weighted by Crippen LogP contribution is -2.13. The van der Waals surface area contributed by atoms with Crippen molar-refractivity contribution in [2.75, 3.05) is 12.8 Å². The summed E-state index contributed by atoms with van der Waals surface area (Å²) in [4.78, 5) is 23.0. The van der Waals surface area contributed by atoms with E-state index in [-0.39, 0.29) is 22.9 Å². The Hall–Kier alpha value is -3.95. The number of methoxy groups -OCH3 is 1. The standard InChI is InChI=1S/C16H14N6O4/c1-26-11-7-8-12(13(9-11)22(24)25)18-19-14-15(17)20-21(16(14)23)10-5-3-2-4-6-10/h2-9,20H,17H2,1H3. The summed E-state index contributed by atoms with van der Waals surface area (Å²) >= 11 is 0. The zero-order valence-electron chi connectivity index (χ0n) is 13.6. The number of rotatable bonds is 5. The Morgan fingerprint density at radius 3 is 2.58 bits per heavy atom. The minimum absolute atomic E-state index is 0.00114. The predicted molar refractivity (Wildman–Crippen MR) is 94.6 cm³/mol. The minimum Gasteiger partial charge on any atom is -0.496 e. The fourth-order valence-corrected chi connectivity index (χ4v) is 2.27. The van der Waals surface area contributed by atoms with Gasteiger partial charge in [-0.05, 0) is 24.3 Å². The minimum atomic E-state index is -0.612. The molecule has 0 unspecified atom stereocenters. The first-order chi connectivity index (χ1) is 12.5. The highest BCUT2D eigenvalue weighted by Crippen LogP contribution is 2.32. The molecule has 0 saturated heterocycles. The molecule has 2 aromatic carbocycles. The van der Waals surface area contributed by atoms with Crippen molar-refractivity contribution in [1.82, 2.24) is 9.78 Å². The van der Waals surface area contributed by atoms with E-state index < -0.39 is 10.5 Å². The second kappa shape index (κ2) is 6.89. The monoisotopic (exact) mass is 354 g/mol. The van der Waals surface area contributed by atoms with Crippen LogP contribution in [0.15, 0.2) is 63.6 Å². The molecule has 0 fully saturated rings. The van der Waals surface area contributed by atoms with Crippen molar-refractivity contribution in [2.24, 2.45) is 10.2 Å². The number of nitrogens with one attached hydrogen (secondary N) is 1. The molecule has 1 aromatic heterocycles. The van der Waals surface area contributed by atoms with E-state index in [1.807, 2.05) is 6.07 Å².